The number of hydrogen-bond acceptors (Lipinski definition) is 3. The first-order chi connectivity index (χ1) is 7.94. The van der Waals surface area contributed by atoms with Crippen molar-refractivity contribution in [1.82, 2.24) is 10.2 Å². The maximum absolute atomic E-state index is 11.8. The van der Waals surface area contributed by atoms with Crippen LogP contribution in [0.5, 0.6) is 0 Å². The summed E-state index contributed by atoms with van der Waals surface area (Å²) in [6.45, 7) is 4.39. The van der Waals surface area contributed by atoms with Gasteiger partial charge in [0.05, 0.1) is 5.54 Å². The molecular weight excluding hydrogens is 214 g/mol. The summed E-state index contributed by atoms with van der Waals surface area (Å²) in [5.74, 6) is -0.163. The maximum atomic E-state index is 11.8. The molecule has 4 heteroatoms. The van der Waals surface area contributed by atoms with E-state index in [1.54, 1.807) is 0 Å². The van der Waals surface area contributed by atoms with Crippen LogP contribution in [0, 0.1) is 0 Å². The number of nitrogens with two attached hydrogens (primary N) is 1. The molecule has 0 aromatic carbocycles. The largest absolute Gasteiger partial charge is 0.368 e. The summed E-state index contributed by atoms with van der Waals surface area (Å²) in [7, 11) is 2.14. The van der Waals surface area contributed by atoms with Crippen LogP contribution in [-0.4, -0.2) is 41.5 Å². The van der Waals surface area contributed by atoms with Gasteiger partial charge in [-0.15, -0.1) is 0 Å². The van der Waals surface area contributed by atoms with Gasteiger partial charge in [0.15, 0.2) is 0 Å². The first kappa shape index (κ1) is 12.8. The molecular formula is C13H25N3O. The summed E-state index contributed by atoms with van der Waals surface area (Å²) in [5.41, 5.74) is 5.19. The number of nitrogens with one attached hydrogen (secondary N) is 1. The maximum Gasteiger partial charge on any atom is 0.237 e. The molecule has 0 aromatic rings. The lowest BCUT2D eigenvalue weighted by Gasteiger charge is -2.31. The quantitative estimate of drug-likeness (QED) is 0.748. The molecule has 2 rings (SSSR count). The minimum absolute atomic E-state index is 0.163. The van der Waals surface area contributed by atoms with Crippen LogP contribution in [0.15, 0.2) is 0 Å². The Morgan fingerprint density at radius 3 is 2.53 bits per heavy atom. The fourth-order valence-corrected chi connectivity index (χ4v) is 2.83. The molecule has 2 saturated carbocycles. The van der Waals surface area contributed by atoms with Gasteiger partial charge in [-0.2, -0.15) is 0 Å². The standard InChI is InChI=1S/C13H25N3O/c1-9(2)16(3)11-6-7-13(8-11,12(14)17)15-10-4-5-10/h9-11,15H,4-8H2,1-3H3,(H2,14,17). The Morgan fingerprint density at radius 1 is 1.41 bits per heavy atom. The Kier molecular flexibility index (Phi) is 3.46. The second-order valence-electron chi connectivity index (χ2n) is 6.02. The van der Waals surface area contributed by atoms with Crippen LogP contribution in [0.1, 0.15) is 46.0 Å². The Labute approximate surface area is 104 Å². The predicted octanol–water partition coefficient (Wildman–Crippen LogP) is 0.855. The van der Waals surface area contributed by atoms with Crippen LogP contribution in [0.25, 0.3) is 0 Å². The fourth-order valence-electron chi connectivity index (χ4n) is 2.83. The molecule has 2 unspecified atom stereocenters. The minimum atomic E-state index is -0.436. The molecule has 2 aliphatic rings. The van der Waals surface area contributed by atoms with Crippen molar-refractivity contribution in [3.8, 4) is 0 Å². The van der Waals surface area contributed by atoms with Crippen molar-refractivity contribution in [3.63, 3.8) is 0 Å². The average Bonchev–Trinajstić information content (AvgIpc) is 2.94. The number of carbonyl (C=O) groups excluding carboxylic acids is 1. The van der Waals surface area contributed by atoms with Crippen LogP contribution in [-0.2, 0) is 4.79 Å². The molecule has 3 N–H and O–H groups in total. The number of amides is 1. The molecule has 17 heavy (non-hydrogen) atoms. The molecule has 0 saturated heterocycles. The molecule has 4 nitrogen and oxygen atoms in total. The average molecular weight is 239 g/mol. The summed E-state index contributed by atoms with van der Waals surface area (Å²) in [6.07, 6.45) is 5.21. The highest BCUT2D eigenvalue weighted by Crippen LogP contribution is 2.36. The van der Waals surface area contributed by atoms with Gasteiger partial charge in [0, 0.05) is 18.1 Å². The highest BCUT2D eigenvalue weighted by Gasteiger charge is 2.47. The van der Waals surface area contributed by atoms with Gasteiger partial charge in [-0.25, -0.2) is 0 Å². The van der Waals surface area contributed by atoms with Gasteiger partial charge >= 0.3 is 0 Å². The highest BCUT2D eigenvalue weighted by molar-refractivity contribution is 5.85. The number of carbonyl (C=O) groups is 1. The Bertz CT molecular complexity index is 301. The first-order valence-corrected chi connectivity index (χ1v) is 6.74. The van der Waals surface area contributed by atoms with Gasteiger partial charge < -0.3 is 16.0 Å². The topological polar surface area (TPSA) is 58.4 Å². The van der Waals surface area contributed by atoms with E-state index in [4.69, 9.17) is 5.73 Å². The van der Waals surface area contributed by atoms with Gasteiger partial charge in [0.2, 0.25) is 5.91 Å². The zero-order valence-corrected chi connectivity index (χ0v) is 11.2. The van der Waals surface area contributed by atoms with E-state index >= 15 is 0 Å². The van der Waals surface area contributed by atoms with Gasteiger partial charge in [-0.05, 0) is 53.0 Å². The zero-order chi connectivity index (χ0) is 12.6. The smallest absolute Gasteiger partial charge is 0.237 e. The second-order valence-corrected chi connectivity index (χ2v) is 6.02. The van der Waals surface area contributed by atoms with Crippen LogP contribution >= 0.6 is 0 Å². The number of hydrogen-bond donors (Lipinski definition) is 2. The van der Waals surface area contributed by atoms with E-state index < -0.39 is 5.54 Å². The Hall–Kier alpha value is -0.610. The van der Waals surface area contributed by atoms with Crippen molar-refractivity contribution in [2.45, 2.75) is 69.6 Å². The first-order valence-electron chi connectivity index (χ1n) is 6.74. The van der Waals surface area contributed by atoms with Crippen LogP contribution in [0.2, 0.25) is 0 Å². The number of primary amides is 1. The second kappa shape index (κ2) is 4.58. The van der Waals surface area contributed by atoms with E-state index in [-0.39, 0.29) is 5.91 Å². The van der Waals surface area contributed by atoms with Crippen molar-refractivity contribution in [3.05, 3.63) is 0 Å². The van der Waals surface area contributed by atoms with Crippen LogP contribution in [0.3, 0.4) is 0 Å². The van der Waals surface area contributed by atoms with Gasteiger partial charge in [-0.1, -0.05) is 0 Å². The molecule has 0 heterocycles. The third-order valence-corrected chi connectivity index (χ3v) is 4.41. The molecule has 2 aliphatic carbocycles. The third-order valence-electron chi connectivity index (χ3n) is 4.41. The zero-order valence-electron chi connectivity index (χ0n) is 11.2. The molecule has 98 valence electrons. The van der Waals surface area contributed by atoms with Crippen molar-refractivity contribution < 1.29 is 4.79 Å². The third kappa shape index (κ3) is 2.63. The Balaban J connectivity index is 2.02. The van der Waals surface area contributed by atoms with E-state index in [2.05, 4.69) is 31.1 Å². The van der Waals surface area contributed by atoms with Gasteiger partial charge in [0.1, 0.15) is 0 Å². The van der Waals surface area contributed by atoms with Crippen LogP contribution in [0.4, 0.5) is 0 Å². The fraction of sp³-hybridized carbons (Fsp3) is 0.923. The lowest BCUT2D eigenvalue weighted by atomic mass is 9.96. The lowest BCUT2D eigenvalue weighted by molar-refractivity contribution is -0.124. The Morgan fingerprint density at radius 2 is 2.06 bits per heavy atom. The molecule has 2 fully saturated rings. The van der Waals surface area contributed by atoms with E-state index in [0.29, 0.717) is 18.1 Å². The van der Waals surface area contributed by atoms with E-state index in [0.717, 1.165) is 19.3 Å². The lowest BCUT2D eigenvalue weighted by Crippen LogP contribution is -2.55. The van der Waals surface area contributed by atoms with Crippen molar-refractivity contribution in [2.24, 2.45) is 5.73 Å². The molecule has 1 amide bonds. The van der Waals surface area contributed by atoms with E-state index in [1.165, 1.54) is 12.8 Å². The molecule has 2 atom stereocenters. The van der Waals surface area contributed by atoms with Gasteiger partial charge in [0.25, 0.3) is 0 Å². The summed E-state index contributed by atoms with van der Waals surface area (Å²) in [4.78, 5) is 14.1. The SMILES string of the molecule is CC(C)N(C)C1CCC(NC2CC2)(C(N)=O)C1. The van der Waals surface area contributed by atoms with E-state index in [1.807, 2.05) is 0 Å². The molecule has 0 bridgehead atoms. The predicted molar refractivity (Wildman–Crippen MR) is 68.6 cm³/mol. The van der Waals surface area contributed by atoms with Crippen molar-refractivity contribution in [1.29, 1.82) is 0 Å². The van der Waals surface area contributed by atoms with Gasteiger partial charge in [-0.3, -0.25) is 4.79 Å². The normalized spacial score (nSPS) is 33.6. The molecule has 0 radical (unpaired) electrons. The minimum Gasteiger partial charge on any atom is -0.368 e. The summed E-state index contributed by atoms with van der Waals surface area (Å²) >= 11 is 0. The molecule has 0 aromatic heterocycles. The summed E-state index contributed by atoms with van der Waals surface area (Å²) in [5, 5.41) is 3.49. The molecule has 0 aliphatic heterocycles. The number of nitrogens with zero attached hydrogens (tertiary/aromatic N) is 1. The monoisotopic (exact) mass is 239 g/mol. The van der Waals surface area contributed by atoms with Crippen molar-refractivity contribution >= 4 is 5.91 Å². The highest BCUT2D eigenvalue weighted by atomic mass is 16.1. The molecule has 0 spiro atoms. The number of rotatable bonds is 5. The van der Waals surface area contributed by atoms with Crippen molar-refractivity contribution in [2.75, 3.05) is 7.05 Å². The van der Waals surface area contributed by atoms with Crippen LogP contribution < -0.4 is 11.1 Å². The van der Waals surface area contributed by atoms with E-state index in [9.17, 15) is 4.79 Å². The summed E-state index contributed by atoms with van der Waals surface area (Å²) in [6, 6.07) is 1.53. The summed E-state index contributed by atoms with van der Waals surface area (Å²) < 4.78 is 0.